The van der Waals surface area contributed by atoms with E-state index in [-0.39, 0.29) is 18.2 Å². The van der Waals surface area contributed by atoms with Gasteiger partial charge >= 0.3 is 0 Å². The quantitative estimate of drug-likeness (QED) is 0.329. The summed E-state index contributed by atoms with van der Waals surface area (Å²) < 4.78 is 0. The summed E-state index contributed by atoms with van der Waals surface area (Å²) in [4.78, 5) is 46.3. The first-order valence-electron chi connectivity index (χ1n) is 12.0. The van der Waals surface area contributed by atoms with Gasteiger partial charge in [0.15, 0.2) is 0 Å². The van der Waals surface area contributed by atoms with Crippen LogP contribution in [0.4, 0.5) is 0 Å². The summed E-state index contributed by atoms with van der Waals surface area (Å²) in [6, 6.07) is 17.7. The van der Waals surface area contributed by atoms with Crippen LogP contribution in [0.25, 0.3) is 0 Å². The molecule has 35 heavy (non-hydrogen) atoms. The number of aromatic amines is 1. The summed E-state index contributed by atoms with van der Waals surface area (Å²) in [5, 5.41) is 2.90. The standard InChI is InChI=1S/C28H34N4O3/c1-19(2)13-25(27(34)26(33)24(29)16-23-17-30-18-31-23)32-28(35)22(14-20-9-5-3-6-10-20)15-21-11-7-4-8-12-21/h3-12,17-19,22,24-25H,13-16,29H2,1-2H3,(H,30,31)(H,32,35)/t24-,25-/m0/s1. The van der Waals surface area contributed by atoms with Gasteiger partial charge in [0, 0.05) is 24.2 Å². The number of H-pyrrole nitrogens is 1. The highest BCUT2D eigenvalue weighted by atomic mass is 16.2. The van der Waals surface area contributed by atoms with Gasteiger partial charge in [0.1, 0.15) is 0 Å². The number of carbonyl (C=O) groups is 3. The Morgan fingerprint density at radius 2 is 1.46 bits per heavy atom. The second-order valence-electron chi connectivity index (χ2n) is 9.38. The first-order valence-corrected chi connectivity index (χ1v) is 12.0. The Hall–Kier alpha value is -3.58. The molecule has 4 N–H and O–H groups in total. The molecule has 2 atom stereocenters. The Labute approximate surface area is 206 Å². The molecule has 2 aromatic carbocycles. The second-order valence-corrected chi connectivity index (χ2v) is 9.38. The fourth-order valence-electron chi connectivity index (χ4n) is 4.13. The van der Waals surface area contributed by atoms with Crippen molar-refractivity contribution in [2.75, 3.05) is 0 Å². The Kier molecular flexibility index (Phi) is 9.49. The van der Waals surface area contributed by atoms with Crippen LogP contribution in [-0.2, 0) is 33.6 Å². The molecule has 0 saturated heterocycles. The summed E-state index contributed by atoms with van der Waals surface area (Å²) in [6.45, 7) is 3.90. The number of nitrogens with zero attached hydrogens (tertiary/aromatic N) is 1. The van der Waals surface area contributed by atoms with Crippen LogP contribution in [0.15, 0.2) is 73.2 Å². The zero-order chi connectivity index (χ0) is 25.2. The number of amides is 1. The Bertz CT molecular complexity index is 1040. The summed E-state index contributed by atoms with van der Waals surface area (Å²) in [7, 11) is 0. The number of imidazole rings is 1. The number of nitrogens with one attached hydrogen (secondary N) is 2. The highest BCUT2D eigenvalue weighted by Crippen LogP contribution is 2.17. The molecule has 0 spiro atoms. The molecule has 0 aliphatic rings. The molecule has 3 aromatic rings. The van der Waals surface area contributed by atoms with E-state index in [9.17, 15) is 14.4 Å². The van der Waals surface area contributed by atoms with Crippen molar-refractivity contribution in [3.05, 3.63) is 90.0 Å². The normalized spacial score (nSPS) is 12.9. The Balaban J connectivity index is 1.75. The fourth-order valence-corrected chi connectivity index (χ4v) is 4.13. The van der Waals surface area contributed by atoms with Gasteiger partial charge in [0.25, 0.3) is 0 Å². The van der Waals surface area contributed by atoms with Gasteiger partial charge in [-0.3, -0.25) is 14.4 Å². The minimum absolute atomic E-state index is 0.0996. The SMILES string of the molecule is CC(C)C[C@H](NC(=O)C(Cc1ccccc1)Cc1ccccc1)C(=O)C(=O)[C@@H](N)Cc1cnc[nH]1. The lowest BCUT2D eigenvalue weighted by atomic mass is 9.90. The number of benzene rings is 2. The van der Waals surface area contributed by atoms with E-state index in [2.05, 4.69) is 15.3 Å². The zero-order valence-electron chi connectivity index (χ0n) is 20.3. The Morgan fingerprint density at radius 1 is 0.886 bits per heavy atom. The van der Waals surface area contributed by atoms with Gasteiger partial charge in [0.2, 0.25) is 17.5 Å². The molecule has 0 aliphatic heterocycles. The number of rotatable bonds is 13. The maximum absolute atomic E-state index is 13.5. The number of hydrogen-bond acceptors (Lipinski definition) is 5. The van der Waals surface area contributed by atoms with Crippen molar-refractivity contribution in [3.8, 4) is 0 Å². The minimum Gasteiger partial charge on any atom is -0.348 e. The molecule has 0 radical (unpaired) electrons. The first kappa shape index (κ1) is 26.0. The van der Waals surface area contributed by atoms with Crippen molar-refractivity contribution in [1.29, 1.82) is 0 Å². The number of Topliss-reactive ketones (excluding diaryl/α,β-unsaturated/α-hetero) is 2. The van der Waals surface area contributed by atoms with E-state index in [4.69, 9.17) is 5.73 Å². The van der Waals surface area contributed by atoms with E-state index in [1.807, 2.05) is 74.5 Å². The van der Waals surface area contributed by atoms with Gasteiger partial charge in [-0.1, -0.05) is 74.5 Å². The monoisotopic (exact) mass is 474 g/mol. The molecule has 0 unspecified atom stereocenters. The van der Waals surface area contributed by atoms with E-state index in [0.717, 1.165) is 11.1 Å². The third-order valence-corrected chi connectivity index (χ3v) is 5.94. The highest BCUT2D eigenvalue weighted by molar-refractivity contribution is 6.41. The molecule has 3 rings (SSSR count). The predicted molar refractivity (Wildman–Crippen MR) is 135 cm³/mol. The lowest BCUT2D eigenvalue weighted by molar-refractivity contribution is -0.140. The van der Waals surface area contributed by atoms with Crippen molar-refractivity contribution in [3.63, 3.8) is 0 Å². The van der Waals surface area contributed by atoms with Gasteiger partial charge in [-0.15, -0.1) is 0 Å². The fraction of sp³-hybridized carbons (Fsp3) is 0.357. The third kappa shape index (κ3) is 8.00. The van der Waals surface area contributed by atoms with E-state index >= 15 is 0 Å². The third-order valence-electron chi connectivity index (χ3n) is 5.94. The molecule has 0 bridgehead atoms. The summed E-state index contributed by atoms with van der Waals surface area (Å²) in [6.07, 6.45) is 4.65. The van der Waals surface area contributed by atoms with Crippen LogP contribution in [0.2, 0.25) is 0 Å². The van der Waals surface area contributed by atoms with Crippen molar-refractivity contribution < 1.29 is 14.4 Å². The molecule has 7 heteroatoms. The molecular weight excluding hydrogens is 440 g/mol. The lowest BCUT2D eigenvalue weighted by Gasteiger charge is -2.24. The lowest BCUT2D eigenvalue weighted by Crippen LogP contribution is -2.51. The number of aromatic nitrogens is 2. The summed E-state index contributed by atoms with van der Waals surface area (Å²) in [5.41, 5.74) is 8.79. The van der Waals surface area contributed by atoms with Crippen molar-refractivity contribution in [1.82, 2.24) is 15.3 Å². The predicted octanol–water partition coefficient (Wildman–Crippen LogP) is 3.05. The number of hydrogen-bond donors (Lipinski definition) is 3. The van der Waals surface area contributed by atoms with Crippen LogP contribution in [0.3, 0.4) is 0 Å². The smallest absolute Gasteiger partial charge is 0.224 e. The van der Waals surface area contributed by atoms with Gasteiger partial charge in [-0.05, 0) is 36.3 Å². The molecule has 184 valence electrons. The molecule has 0 saturated carbocycles. The van der Waals surface area contributed by atoms with Crippen molar-refractivity contribution >= 4 is 17.5 Å². The highest BCUT2D eigenvalue weighted by Gasteiger charge is 2.33. The van der Waals surface area contributed by atoms with Crippen molar-refractivity contribution in [2.45, 2.75) is 51.6 Å². The van der Waals surface area contributed by atoms with E-state index in [0.29, 0.717) is 25.0 Å². The maximum Gasteiger partial charge on any atom is 0.224 e. The average molecular weight is 475 g/mol. The molecular formula is C28H34N4O3. The topological polar surface area (TPSA) is 118 Å². The van der Waals surface area contributed by atoms with Crippen LogP contribution in [0, 0.1) is 11.8 Å². The minimum atomic E-state index is -1.00. The maximum atomic E-state index is 13.5. The Morgan fingerprint density at radius 3 is 1.94 bits per heavy atom. The van der Waals surface area contributed by atoms with Gasteiger partial charge in [0.05, 0.1) is 18.4 Å². The van der Waals surface area contributed by atoms with Crippen LogP contribution in [-0.4, -0.2) is 39.5 Å². The van der Waals surface area contributed by atoms with E-state index < -0.39 is 29.6 Å². The van der Waals surface area contributed by atoms with Gasteiger partial charge in [-0.2, -0.15) is 0 Å². The average Bonchev–Trinajstić information content (AvgIpc) is 3.36. The number of ketones is 2. The van der Waals surface area contributed by atoms with Crippen LogP contribution >= 0.6 is 0 Å². The molecule has 1 aromatic heterocycles. The first-order chi connectivity index (χ1) is 16.8. The molecule has 0 fully saturated rings. The van der Waals surface area contributed by atoms with E-state index in [1.165, 1.54) is 6.33 Å². The largest absolute Gasteiger partial charge is 0.348 e. The van der Waals surface area contributed by atoms with Gasteiger partial charge < -0.3 is 16.0 Å². The summed E-state index contributed by atoms with van der Waals surface area (Å²) >= 11 is 0. The van der Waals surface area contributed by atoms with E-state index in [1.54, 1.807) is 6.20 Å². The van der Waals surface area contributed by atoms with Crippen LogP contribution in [0.5, 0.6) is 0 Å². The number of nitrogens with two attached hydrogens (primary N) is 1. The van der Waals surface area contributed by atoms with Crippen LogP contribution < -0.4 is 11.1 Å². The second kappa shape index (κ2) is 12.8. The van der Waals surface area contributed by atoms with Gasteiger partial charge in [-0.25, -0.2) is 4.98 Å². The molecule has 7 nitrogen and oxygen atoms in total. The molecule has 0 aliphatic carbocycles. The molecule has 1 amide bonds. The number of carbonyl (C=O) groups excluding carboxylic acids is 3. The zero-order valence-corrected chi connectivity index (χ0v) is 20.3. The van der Waals surface area contributed by atoms with Crippen molar-refractivity contribution in [2.24, 2.45) is 17.6 Å². The molecule has 1 heterocycles. The van der Waals surface area contributed by atoms with Crippen LogP contribution in [0.1, 0.15) is 37.1 Å². The summed E-state index contributed by atoms with van der Waals surface area (Å²) in [5.74, 6) is -1.88.